The van der Waals surface area contributed by atoms with Crippen molar-refractivity contribution in [2.24, 2.45) is 5.92 Å². The minimum Gasteiger partial charge on any atom is -0.368 e. The van der Waals surface area contributed by atoms with Gasteiger partial charge in [-0.25, -0.2) is 4.98 Å². The molecule has 0 saturated carbocycles. The topological polar surface area (TPSA) is 75.9 Å². The zero-order valence-corrected chi connectivity index (χ0v) is 17.9. The van der Waals surface area contributed by atoms with Crippen molar-refractivity contribution in [2.45, 2.75) is 32.7 Å². The summed E-state index contributed by atoms with van der Waals surface area (Å²) in [7, 11) is 0. The summed E-state index contributed by atoms with van der Waals surface area (Å²) in [5.41, 5.74) is 2.37. The highest BCUT2D eigenvalue weighted by molar-refractivity contribution is 6.30. The number of aromatic nitrogens is 4. The minimum atomic E-state index is 0.00437. The number of rotatable bonds is 5. The van der Waals surface area contributed by atoms with Crippen molar-refractivity contribution in [2.75, 3.05) is 18.4 Å². The fourth-order valence-corrected chi connectivity index (χ4v) is 4.10. The molecule has 2 aromatic heterocycles. The van der Waals surface area contributed by atoms with Gasteiger partial charge in [0.1, 0.15) is 5.82 Å². The molecule has 0 radical (unpaired) electrons. The van der Waals surface area contributed by atoms with Crippen molar-refractivity contribution in [1.29, 1.82) is 0 Å². The standard InChI is InChI=1S/C22H25ClN6O/c1-15-5-7-18(19(12-15)29-26-9-10-27-29)22(30)28-11-3-4-16(2)20(28)14-25-21-8-6-17(23)13-24-21/h5-10,12-13,16,20H,3-4,11,14H2,1-2H3,(H,24,25). The average Bonchev–Trinajstić information content (AvgIpc) is 3.28. The number of carbonyl (C=O) groups is 1. The van der Waals surface area contributed by atoms with E-state index in [1.165, 1.54) is 4.80 Å². The molecule has 1 amide bonds. The summed E-state index contributed by atoms with van der Waals surface area (Å²) in [6.45, 7) is 5.55. The smallest absolute Gasteiger partial charge is 0.256 e. The predicted octanol–water partition coefficient (Wildman–Crippen LogP) is 3.98. The number of nitrogens with one attached hydrogen (secondary N) is 1. The number of hydrogen-bond acceptors (Lipinski definition) is 5. The van der Waals surface area contributed by atoms with Crippen LogP contribution in [-0.4, -0.2) is 49.9 Å². The third-order valence-electron chi connectivity index (χ3n) is 5.61. The lowest BCUT2D eigenvalue weighted by Crippen LogP contribution is -2.51. The molecule has 4 rings (SSSR count). The molecule has 156 valence electrons. The Balaban J connectivity index is 1.59. The van der Waals surface area contributed by atoms with Gasteiger partial charge in [0.05, 0.1) is 34.7 Å². The molecule has 1 aliphatic rings. The maximum atomic E-state index is 13.6. The molecular weight excluding hydrogens is 400 g/mol. The number of pyridine rings is 1. The van der Waals surface area contributed by atoms with E-state index in [0.29, 0.717) is 28.7 Å². The fourth-order valence-electron chi connectivity index (χ4n) is 3.98. The van der Waals surface area contributed by atoms with Gasteiger partial charge in [-0.05, 0) is 55.5 Å². The molecule has 3 heterocycles. The van der Waals surface area contributed by atoms with Gasteiger partial charge in [0.25, 0.3) is 5.91 Å². The molecule has 2 unspecified atom stereocenters. The number of halogens is 1. The monoisotopic (exact) mass is 424 g/mol. The third-order valence-corrected chi connectivity index (χ3v) is 5.84. The first-order valence-corrected chi connectivity index (χ1v) is 10.5. The van der Waals surface area contributed by atoms with Crippen molar-refractivity contribution in [3.63, 3.8) is 0 Å². The van der Waals surface area contributed by atoms with Gasteiger partial charge in [-0.15, -0.1) is 0 Å². The number of amides is 1. The molecule has 2 atom stereocenters. The van der Waals surface area contributed by atoms with Crippen LogP contribution in [0.25, 0.3) is 5.69 Å². The van der Waals surface area contributed by atoms with Crippen molar-refractivity contribution in [3.8, 4) is 5.69 Å². The third kappa shape index (κ3) is 4.31. The molecule has 0 bridgehead atoms. The Hall–Kier alpha value is -2.93. The molecule has 0 aliphatic carbocycles. The lowest BCUT2D eigenvalue weighted by molar-refractivity contribution is 0.0539. The van der Waals surface area contributed by atoms with E-state index in [1.807, 2.05) is 36.1 Å². The fraction of sp³-hybridized carbons (Fsp3) is 0.364. The first-order chi connectivity index (χ1) is 14.5. The first-order valence-electron chi connectivity index (χ1n) is 10.2. The number of aryl methyl sites for hydroxylation is 1. The number of nitrogens with zero attached hydrogens (tertiary/aromatic N) is 5. The van der Waals surface area contributed by atoms with E-state index in [1.54, 1.807) is 24.7 Å². The summed E-state index contributed by atoms with van der Waals surface area (Å²) in [4.78, 5) is 21.4. The van der Waals surface area contributed by atoms with Crippen LogP contribution in [0.15, 0.2) is 48.9 Å². The van der Waals surface area contributed by atoms with Gasteiger partial charge in [-0.3, -0.25) is 4.79 Å². The van der Waals surface area contributed by atoms with Gasteiger partial charge < -0.3 is 10.2 Å². The summed E-state index contributed by atoms with van der Waals surface area (Å²) in [5.74, 6) is 1.13. The Bertz CT molecular complexity index is 1000. The van der Waals surface area contributed by atoms with Crippen LogP contribution in [0.1, 0.15) is 35.7 Å². The number of carbonyl (C=O) groups excluding carboxylic acids is 1. The van der Waals surface area contributed by atoms with Gasteiger partial charge in [-0.2, -0.15) is 15.0 Å². The molecular formula is C22H25ClN6O. The second-order valence-electron chi connectivity index (χ2n) is 7.77. The van der Waals surface area contributed by atoms with E-state index in [0.717, 1.165) is 30.8 Å². The summed E-state index contributed by atoms with van der Waals surface area (Å²) in [6.07, 6.45) is 6.93. The molecule has 1 aromatic carbocycles. The Kier molecular flexibility index (Phi) is 5.99. The Morgan fingerprint density at radius 2 is 2.03 bits per heavy atom. The van der Waals surface area contributed by atoms with Crippen LogP contribution in [0.3, 0.4) is 0 Å². The van der Waals surface area contributed by atoms with Crippen molar-refractivity contribution >= 4 is 23.3 Å². The molecule has 8 heteroatoms. The van der Waals surface area contributed by atoms with Gasteiger partial charge in [0, 0.05) is 19.3 Å². The second-order valence-corrected chi connectivity index (χ2v) is 8.20. The van der Waals surface area contributed by atoms with Crippen LogP contribution < -0.4 is 5.32 Å². The molecule has 1 aliphatic heterocycles. The number of piperidine rings is 1. The highest BCUT2D eigenvalue weighted by Gasteiger charge is 2.33. The highest BCUT2D eigenvalue weighted by atomic mass is 35.5. The van der Waals surface area contributed by atoms with E-state index in [-0.39, 0.29) is 11.9 Å². The predicted molar refractivity (Wildman–Crippen MR) is 117 cm³/mol. The first kappa shape index (κ1) is 20.3. The van der Waals surface area contributed by atoms with Crippen LogP contribution in [0.4, 0.5) is 5.82 Å². The normalized spacial score (nSPS) is 19.0. The van der Waals surface area contributed by atoms with Crippen LogP contribution in [0.5, 0.6) is 0 Å². The maximum Gasteiger partial charge on any atom is 0.256 e. The Morgan fingerprint density at radius 3 is 2.77 bits per heavy atom. The molecule has 1 saturated heterocycles. The van der Waals surface area contributed by atoms with E-state index >= 15 is 0 Å². The van der Waals surface area contributed by atoms with Crippen molar-refractivity contribution in [3.05, 3.63) is 65.1 Å². The lowest BCUT2D eigenvalue weighted by Gasteiger charge is -2.40. The summed E-state index contributed by atoms with van der Waals surface area (Å²) in [6, 6.07) is 9.50. The van der Waals surface area contributed by atoms with E-state index in [2.05, 4.69) is 27.4 Å². The zero-order chi connectivity index (χ0) is 21.1. The summed E-state index contributed by atoms with van der Waals surface area (Å²) >= 11 is 5.93. The average molecular weight is 425 g/mol. The second kappa shape index (κ2) is 8.83. The SMILES string of the molecule is Cc1ccc(C(=O)N2CCCC(C)C2CNc2ccc(Cl)cn2)c(-n2nccn2)c1. The van der Waals surface area contributed by atoms with E-state index in [4.69, 9.17) is 11.6 Å². The minimum absolute atomic E-state index is 0.00437. The van der Waals surface area contributed by atoms with Gasteiger partial charge >= 0.3 is 0 Å². The maximum absolute atomic E-state index is 13.6. The lowest BCUT2D eigenvalue weighted by atomic mass is 9.90. The molecule has 0 spiro atoms. The number of hydrogen-bond donors (Lipinski definition) is 1. The molecule has 1 fully saturated rings. The summed E-state index contributed by atoms with van der Waals surface area (Å²) in [5, 5.41) is 12.4. The van der Waals surface area contributed by atoms with E-state index < -0.39 is 0 Å². The zero-order valence-electron chi connectivity index (χ0n) is 17.1. The van der Waals surface area contributed by atoms with E-state index in [9.17, 15) is 4.79 Å². The van der Waals surface area contributed by atoms with Crippen LogP contribution in [-0.2, 0) is 0 Å². The summed E-state index contributed by atoms with van der Waals surface area (Å²) < 4.78 is 0. The van der Waals surface area contributed by atoms with Crippen LogP contribution in [0, 0.1) is 12.8 Å². The number of anilines is 1. The van der Waals surface area contributed by atoms with Crippen molar-refractivity contribution in [1.82, 2.24) is 24.9 Å². The Morgan fingerprint density at radius 1 is 1.23 bits per heavy atom. The molecule has 1 N–H and O–H groups in total. The van der Waals surface area contributed by atoms with Crippen LogP contribution in [0.2, 0.25) is 5.02 Å². The quantitative estimate of drug-likeness (QED) is 0.670. The largest absolute Gasteiger partial charge is 0.368 e. The highest BCUT2D eigenvalue weighted by Crippen LogP contribution is 2.27. The van der Waals surface area contributed by atoms with Gasteiger partial charge in [0.2, 0.25) is 0 Å². The van der Waals surface area contributed by atoms with Crippen molar-refractivity contribution < 1.29 is 4.79 Å². The molecule has 30 heavy (non-hydrogen) atoms. The number of benzene rings is 1. The number of likely N-dealkylation sites (tertiary alicyclic amines) is 1. The van der Waals surface area contributed by atoms with Gasteiger partial charge in [0.15, 0.2) is 0 Å². The Labute approximate surface area is 181 Å². The van der Waals surface area contributed by atoms with Gasteiger partial charge in [-0.1, -0.05) is 24.6 Å². The van der Waals surface area contributed by atoms with Crippen LogP contribution >= 0.6 is 11.6 Å². The molecule has 3 aromatic rings. The molecule has 7 nitrogen and oxygen atoms in total.